The summed E-state index contributed by atoms with van der Waals surface area (Å²) in [7, 11) is 6.04. The van der Waals surface area contributed by atoms with Crippen LogP contribution in [0.15, 0.2) is 24.3 Å². The minimum absolute atomic E-state index is 0.175. The lowest BCUT2D eigenvalue weighted by Gasteiger charge is -2.57. The van der Waals surface area contributed by atoms with E-state index in [1.54, 1.807) is 0 Å². The third-order valence-electron chi connectivity index (χ3n) is 6.69. The predicted molar refractivity (Wildman–Crippen MR) is 98.3 cm³/mol. The second-order valence-electron chi connectivity index (χ2n) is 9.02. The van der Waals surface area contributed by atoms with Crippen molar-refractivity contribution in [3.05, 3.63) is 29.8 Å². The maximum Gasteiger partial charge on any atom is 0.253 e. The first-order valence-corrected chi connectivity index (χ1v) is 9.47. The van der Waals surface area contributed by atoms with E-state index in [2.05, 4.69) is 11.0 Å². The summed E-state index contributed by atoms with van der Waals surface area (Å²) in [6, 6.07) is 8.00. The second kappa shape index (κ2) is 5.79. The third kappa shape index (κ3) is 2.82. The molecule has 0 saturated heterocycles. The van der Waals surface area contributed by atoms with Gasteiger partial charge < -0.3 is 9.80 Å². The molecule has 4 saturated carbocycles. The highest BCUT2D eigenvalue weighted by Crippen LogP contribution is 2.60. The molecule has 0 aliphatic heterocycles. The van der Waals surface area contributed by atoms with Crippen molar-refractivity contribution in [3.8, 4) is 0 Å². The van der Waals surface area contributed by atoms with Crippen molar-refractivity contribution in [3.63, 3.8) is 0 Å². The van der Waals surface area contributed by atoms with Gasteiger partial charge in [0, 0.05) is 38.9 Å². The van der Waals surface area contributed by atoms with Crippen molar-refractivity contribution in [2.75, 3.05) is 32.6 Å². The minimum Gasteiger partial charge on any atom is -0.378 e. The molecule has 4 aliphatic carbocycles. The molecule has 1 aromatic rings. The fraction of sp³-hybridized carbons (Fsp3) is 0.667. The van der Waals surface area contributed by atoms with Gasteiger partial charge in [0.2, 0.25) is 0 Å². The zero-order valence-electron chi connectivity index (χ0n) is 15.3. The number of amides is 1. The van der Waals surface area contributed by atoms with Crippen LogP contribution in [0.3, 0.4) is 0 Å². The number of benzene rings is 1. The summed E-state index contributed by atoms with van der Waals surface area (Å²) in [5, 5.41) is 0. The number of carbonyl (C=O) groups excluding carboxylic acids is 1. The maximum atomic E-state index is 13.0. The van der Waals surface area contributed by atoms with Crippen LogP contribution >= 0.6 is 0 Å². The Labute approximate surface area is 146 Å². The van der Waals surface area contributed by atoms with Gasteiger partial charge in [0.25, 0.3) is 5.91 Å². The minimum atomic E-state index is 0.175. The van der Waals surface area contributed by atoms with Gasteiger partial charge in [-0.25, -0.2) is 0 Å². The van der Waals surface area contributed by atoms with Gasteiger partial charge in [-0.15, -0.1) is 0 Å². The number of hydrogen-bond acceptors (Lipinski definition) is 2. The van der Waals surface area contributed by atoms with E-state index in [1.807, 2.05) is 44.2 Å². The molecule has 1 amide bonds. The van der Waals surface area contributed by atoms with Crippen molar-refractivity contribution in [2.45, 2.75) is 38.5 Å². The van der Waals surface area contributed by atoms with E-state index >= 15 is 0 Å². The van der Waals surface area contributed by atoms with Crippen LogP contribution < -0.4 is 4.90 Å². The Morgan fingerprint density at radius 1 is 1.04 bits per heavy atom. The number of anilines is 1. The van der Waals surface area contributed by atoms with Gasteiger partial charge in [-0.1, -0.05) is 6.07 Å². The van der Waals surface area contributed by atoms with Crippen LogP contribution in [0.4, 0.5) is 5.69 Å². The molecular weight excluding hydrogens is 296 g/mol. The van der Waals surface area contributed by atoms with Crippen LogP contribution in [-0.4, -0.2) is 38.5 Å². The van der Waals surface area contributed by atoms with Gasteiger partial charge in [-0.3, -0.25) is 4.79 Å². The standard InChI is InChI=1S/C21H30N2O/c1-22(2)19-6-4-5-18(10-19)20(24)23(3)14-21-11-15-7-16(12-21)9-17(8-15)13-21/h4-6,10,15-17H,7-9,11-14H2,1-3H3. The summed E-state index contributed by atoms with van der Waals surface area (Å²) in [6.07, 6.45) is 8.45. The van der Waals surface area contributed by atoms with Crippen LogP contribution in [0.25, 0.3) is 0 Å². The highest BCUT2D eigenvalue weighted by molar-refractivity contribution is 5.95. The van der Waals surface area contributed by atoms with Crippen molar-refractivity contribution in [1.29, 1.82) is 0 Å². The van der Waals surface area contributed by atoms with Crippen LogP contribution in [0.5, 0.6) is 0 Å². The summed E-state index contributed by atoms with van der Waals surface area (Å²) in [4.78, 5) is 17.0. The van der Waals surface area contributed by atoms with Crippen LogP contribution in [-0.2, 0) is 0 Å². The molecule has 0 radical (unpaired) electrons. The smallest absolute Gasteiger partial charge is 0.253 e. The molecule has 5 rings (SSSR count). The molecule has 3 nitrogen and oxygen atoms in total. The Bertz CT molecular complexity index is 601. The van der Waals surface area contributed by atoms with Crippen LogP contribution in [0.2, 0.25) is 0 Å². The lowest BCUT2D eigenvalue weighted by Crippen LogP contribution is -2.51. The lowest BCUT2D eigenvalue weighted by atomic mass is 9.49. The molecule has 0 heterocycles. The number of hydrogen-bond donors (Lipinski definition) is 0. The molecule has 130 valence electrons. The quantitative estimate of drug-likeness (QED) is 0.833. The SMILES string of the molecule is CN(CC12CC3CC(CC(C3)C1)C2)C(=O)c1cccc(N(C)C)c1. The molecule has 0 aromatic heterocycles. The zero-order valence-corrected chi connectivity index (χ0v) is 15.3. The van der Waals surface area contributed by atoms with Crippen LogP contribution in [0.1, 0.15) is 48.9 Å². The van der Waals surface area contributed by atoms with Gasteiger partial charge >= 0.3 is 0 Å². The zero-order chi connectivity index (χ0) is 16.9. The molecule has 4 aliphatic rings. The maximum absolute atomic E-state index is 13.0. The van der Waals surface area contributed by atoms with Gasteiger partial charge in [0.1, 0.15) is 0 Å². The van der Waals surface area contributed by atoms with E-state index in [9.17, 15) is 4.79 Å². The normalized spacial score (nSPS) is 33.5. The first kappa shape index (κ1) is 16.0. The highest BCUT2D eigenvalue weighted by Gasteiger charge is 2.51. The van der Waals surface area contributed by atoms with Crippen LogP contribution in [0, 0.1) is 23.2 Å². The topological polar surface area (TPSA) is 23.6 Å². The second-order valence-corrected chi connectivity index (χ2v) is 9.02. The van der Waals surface area contributed by atoms with E-state index in [-0.39, 0.29) is 5.91 Å². The molecule has 0 N–H and O–H groups in total. The largest absolute Gasteiger partial charge is 0.378 e. The van der Waals surface area contributed by atoms with Crippen molar-refractivity contribution >= 4 is 11.6 Å². The summed E-state index contributed by atoms with van der Waals surface area (Å²) in [5.41, 5.74) is 2.32. The van der Waals surface area contributed by atoms with E-state index in [0.29, 0.717) is 5.41 Å². The molecule has 3 heteroatoms. The molecule has 4 bridgehead atoms. The van der Waals surface area contributed by atoms with Gasteiger partial charge in [0.15, 0.2) is 0 Å². The van der Waals surface area contributed by atoms with Gasteiger partial charge in [-0.05, 0) is 79.9 Å². The van der Waals surface area contributed by atoms with Gasteiger partial charge in [0.05, 0.1) is 0 Å². The molecule has 24 heavy (non-hydrogen) atoms. The first-order chi connectivity index (χ1) is 11.4. The Balaban J connectivity index is 1.49. The molecule has 0 unspecified atom stereocenters. The average molecular weight is 326 g/mol. The molecular formula is C21H30N2O. The Morgan fingerprint density at radius 2 is 1.62 bits per heavy atom. The molecule has 1 aromatic carbocycles. The number of rotatable bonds is 4. The van der Waals surface area contributed by atoms with Crippen molar-refractivity contribution < 1.29 is 4.79 Å². The highest BCUT2D eigenvalue weighted by atomic mass is 16.2. The van der Waals surface area contributed by atoms with E-state index < -0.39 is 0 Å². The summed E-state index contributed by atoms with van der Waals surface area (Å²) >= 11 is 0. The molecule has 0 atom stereocenters. The van der Waals surface area contributed by atoms with E-state index in [0.717, 1.165) is 35.5 Å². The summed E-state index contributed by atoms with van der Waals surface area (Å²) in [5.74, 6) is 3.00. The van der Waals surface area contributed by atoms with Crippen molar-refractivity contribution in [1.82, 2.24) is 4.90 Å². The monoisotopic (exact) mass is 326 g/mol. The Hall–Kier alpha value is -1.51. The Morgan fingerprint density at radius 3 is 2.17 bits per heavy atom. The number of nitrogens with zero attached hydrogens (tertiary/aromatic N) is 2. The third-order valence-corrected chi connectivity index (χ3v) is 6.69. The first-order valence-electron chi connectivity index (χ1n) is 9.47. The summed E-state index contributed by atoms with van der Waals surface area (Å²) in [6.45, 7) is 0.946. The fourth-order valence-corrected chi connectivity index (χ4v) is 6.20. The van der Waals surface area contributed by atoms with E-state index in [1.165, 1.54) is 38.5 Å². The lowest BCUT2D eigenvalue weighted by molar-refractivity contribution is -0.0629. The predicted octanol–water partition coefficient (Wildman–Crippen LogP) is 4.04. The average Bonchev–Trinajstić information content (AvgIpc) is 2.52. The summed E-state index contributed by atoms with van der Waals surface area (Å²) < 4.78 is 0. The van der Waals surface area contributed by atoms with E-state index in [4.69, 9.17) is 0 Å². The Kier molecular flexibility index (Phi) is 3.85. The fourth-order valence-electron chi connectivity index (χ4n) is 6.20. The van der Waals surface area contributed by atoms with Crippen molar-refractivity contribution in [2.24, 2.45) is 23.2 Å². The van der Waals surface area contributed by atoms with Gasteiger partial charge in [-0.2, -0.15) is 0 Å². The molecule has 4 fully saturated rings. The molecule has 0 spiro atoms. The number of carbonyl (C=O) groups is 1.